The molecule has 98 valence electrons. The van der Waals surface area contributed by atoms with Gasteiger partial charge in [0.15, 0.2) is 0 Å². The molecule has 1 fully saturated rings. The van der Waals surface area contributed by atoms with Gasteiger partial charge in [0.1, 0.15) is 5.82 Å². The van der Waals surface area contributed by atoms with Crippen LogP contribution in [-0.4, -0.2) is 34.6 Å². The zero-order valence-corrected chi connectivity index (χ0v) is 10.7. The van der Waals surface area contributed by atoms with Gasteiger partial charge in [-0.25, -0.2) is 4.39 Å². The molecule has 1 N–H and O–H groups in total. The standard InChI is InChI=1S/C14H18FNO2/c1-3-6-14(18)8-16(9-14)13(17)11-5-4-10(2)12(15)7-11/h4-5,7,18H,3,6,8-9H2,1-2H3. The summed E-state index contributed by atoms with van der Waals surface area (Å²) in [7, 11) is 0. The van der Waals surface area contributed by atoms with Crippen molar-refractivity contribution in [1.29, 1.82) is 0 Å². The van der Waals surface area contributed by atoms with E-state index in [0.29, 0.717) is 30.6 Å². The Hall–Kier alpha value is -1.42. The van der Waals surface area contributed by atoms with Gasteiger partial charge in [-0.05, 0) is 31.0 Å². The Labute approximate surface area is 106 Å². The molecule has 0 aromatic heterocycles. The maximum Gasteiger partial charge on any atom is 0.254 e. The van der Waals surface area contributed by atoms with Gasteiger partial charge in [-0.1, -0.05) is 19.4 Å². The van der Waals surface area contributed by atoms with Gasteiger partial charge in [-0.3, -0.25) is 4.79 Å². The Morgan fingerprint density at radius 2 is 2.17 bits per heavy atom. The van der Waals surface area contributed by atoms with Crippen LogP contribution in [0.15, 0.2) is 18.2 Å². The molecule has 1 aromatic rings. The zero-order chi connectivity index (χ0) is 13.3. The van der Waals surface area contributed by atoms with E-state index in [9.17, 15) is 14.3 Å². The molecule has 1 saturated heterocycles. The third-order valence-electron chi connectivity index (χ3n) is 3.39. The fourth-order valence-electron chi connectivity index (χ4n) is 2.34. The highest BCUT2D eigenvalue weighted by Crippen LogP contribution is 2.27. The maximum atomic E-state index is 13.4. The van der Waals surface area contributed by atoms with E-state index in [1.807, 2.05) is 6.92 Å². The maximum absolute atomic E-state index is 13.4. The number of aliphatic hydroxyl groups is 1. The van der Waals surface area contributed by atoms with Crippen molar-refractivity contribution < 1.29 is 14.3 Å². The van der Waals surface area contributed by atoms with Crippen LogP contribution in [0.1, 0.15) is 35.7 Å². The first-order chi connectivity index (χ1) is 8.45. The molecule has 1 heterocycles. The van der Waals surface area contributed by atoms with E-state index in [1.54, 1.807) is 24.0 Å². The van der Waals surface area contributed by atoms with Crippen molar-refractivity contribution in [1.82, 2.24) is 4.90 Å². The minimum absolute atomic E-state index is 0.213. The highest BCUT2D eigenvalue weighted by atomic mass is 19.1. The average Bonchev–Trinajstić information content (AvgIpc) is 2.29. The lowest BCUT2D eigenvalue weighted by Gasteiger charge is -2.46. The molecule has 2 rings (SSSR count). The minimum atomic E-state index is -0.742. The molecular weight excluding hydrogens is 233 g/mol. The Kier molecular flexibility index (Phi) is 3.39. The van der Waals surface area contributed by atoms with Gasteiger partial charge in [0.05, 0.1) is 18.7 Å². The minimum Gasteiger partial charge on any atom is -0.386 e. The van der Waals surface area contributed by atoms with Crippen molar-refractivity contribution >= 4 is 5.91 Å². The molecule has 18 heavy (non-hydrogen) atoms. The van der Waals surface area contributed by atoms with Crippen LogP contribution >= 0.6 is 0 Å². The Bertz CT molecular complexity index is 467. The van der Waals surface area contributed by atoms with Gasteiger partial charge in [0.2, 0.25) is 0 Å². The van der Waals surface area contributed by atoms with Gasteiger partial charge in [0.25, 0.3) is 5.91 Å². The van der Waals surface area contributed by atoms with E-state index < -0.39 is 5.60 Å². The van der Waals surface area contributed by atoms with Gasteiger partial charge in [-0.15, -0.1) is 0 Å². The van der Waals surface area contributed by atoms with E-state index in [1.165, 1.54) is 6.07 Å². The number of nitrogens with zero attached hydrogens (tertiary/aromatic N) is 1. The third kappa shape index (κ3) is 2.38. The molecule has 4 heteroatoms. The van der Waals surface area contributed by atoms with Crippen molar-refractivity contribution in [3.05, 3.63) is 35.1 Å². The Balaban J connectivity index is 2.03. The molecule has 3 nitrogen and oxygen atoms in total. The van der Waals surface area contributed by atoms with Crippen LogP contribution in [-0.2, 0) is 0 Å². The van der Waals surface area contributed by atoms with Crippen LogP contribution in [0.3, 0.4) is 0 Å². The quantitative estimate of drug-likeness (QED) is 0.894. The molecule has 0 radical (unpaired) electrons. The number of aryl methyl sites for hydroxylation is 1. The van der Waals surface area contributed by atoms with Crippen LogP contribution in [0.5, 0.6) is 0 Å². The summed E-state index contributed by atoms with van der Waals surface area (Å²) in [6, 6.07) is 4.48. The van der Waals surface area contributed by atoms with Gasteiger partial charge in [-0.2, -0.15) is 0 Å². The van der Waals surface area contributed by atoms with Crippen LogP contribution in [0.2, 0.25) is 0 Å². The number of hydrogen-bond acceptors (Lipinski definition) is 2. The lowest BCUT2D eigenvalue weighted by molar-refractivity contribution is -0.0860. The van der Waals surface area contributed by atoms with E-state index in [0.717, 1.165) is 6.42 Å². The van der Waals surface area contributed by atoms with E-state index in [2.05, 4.69) is 0 Å². The number of rotatable bonds is 3. The SMILES string of the molecule is CCCC1(O)CN(C(=O)c2ccc(C)c(F)c2)C1. The van der Waals surface area contributed by atoms with E-state index in [4.69, 9.17) is 0 Å². The summed E-state index contributed by atoms with van der Waals surface area (Å²) in [4.78, 5) is 13.6. The highest BCUT2D eigenvalue weighted by molar-refractivity contribution is 5.95. The van der Waals surface area contributed by atoms with E-state index in [-0.39, 0.29) is 11.7 Å². The first-order valence-electron chi connectivity index (χ1n) is 6.23. The van der Waals surface area contributed by atoms with Crippen molar-refractivity contribution in [2.75, 3.05) is 13.1 Å². The summed E-state index contributed by atoms with van der Waals surface area (Å²) < 4.78 is 13.4. The molecule has 0 bridgehead atoms. The smallest absolute Gasteiger partial charge is 0.254 e. The van der Waals surface area contributed by atoms with E-state index >= 15 is 0 Å². The van der Waals surface area contributed by atoms with Crippen molar-refractivity contribution in [3.8, 4) is 0 Å². The molecule has 1 amide bonds. The summed E-state index contributed by atoms with van der Waals surface area (Å²) in [6.07, 6.45) is 1.58. The summed E-state index contributed by atoms with van der Waals surface area (Å²) >= 11 is 0. The largest absolute Gasteiger partial charge is 0.386 e. The molecule has 1 aliphatic heterocycles. The molecule has 1 aliphatic rings. The fraction of sp³-hybridized carbons (Fsp3) is 0.500. The summed E-state index contributed by atoms with van der Waals surface area (Å²) in [5.74, 6) is -0.583. The Morgan fingerprint density at radius 1 is 1.50 bits per heavy atom. The molecule has 1 aromatic carbocycles. The second-order valence-corrected chi connectivity index (χ2v) is 5.10. The molecule has 0 spiro atoms. The predicted molar refractivity (Wildman–Crippen MR) is 66.9 cm³/mol. The van der Waals surface area contributed by atoms with Gasteiger partial charge >= 0.3 is 0 Å². The third-order valence-corrected chi connectivity index (χ3v) is 3.39. The van der Waals surface area contributed by atoms with Gasteiger partial charge in [0, 0.05) is 5.56 Å². The number of benzene rings is 1. The zero-order valence-electron chi connectivity index (χ0n) is 10.7. The van der Waals surface area contributed by atoms with Crippen molar-refractivity contribution in [3.63, 3.8) is 0 Å². The summed E-state index contributed by atoms with van der Waals surface area (Å²) in [6.45, 7) is 4.34. The molecule has 0 saturated carbocycles. The monoisotopic (exact) mass is 251 g/mol. The van der Waals surface area contributed by atoms with Gasteiger partial charge < -0.3 is 10.0 Å². The second kappa shape index (κ2) is 4.69. The number of carbonyl (C=O) groups is 1. The van der Waals surface area contributed by atoms with Crippen LogP contribution in [0, 0.1) is 12.7 Å². The van der Waals surface area contributed by atoms with Crippen LogP contribution in [0.25, 0.3) is 0 Å². The first-order valence-corrected chi connectivity index (χ1v) is 6.23. The highest BCUT2D eigenvalue weighted by Gasteiger charge is 2.42. The number of halogens is 1. The van der Waals surface area contributed by atoms with Crippen LogP contribution in [0.4, 0.5) is 4.39 Å². The van der Waals surface area contributed by atoms with Crippen molar-refractivity contribution in [2.45, 2.75) is 32.3 Å². The second-order valence-electron chi connectivity index (χ2n) is 5.10. The molecular formula is C14H18FNO2. The number of amides is 1. The summed E-state index contributed by atoms with van der Waals surface area (Å²) in [5.41, 5.74) is 0.127. The topological polar surface area (TPSA) is 40.5 Å². The number of β-amino-alcohol motifs (C(OH)–C–C–N with tert-alkyl or cyclic N) is 1. The number of likely N-dealkylation sites (tertiary alicyclic amines) is 1. The van der Waals surface area contributed by atoms with Crippen molar-refractivity contribution in [2.24, 2.45) is 0 Å². The summed E-state index contributed by atoms with van der Waals surface area (Å²) in [5, 5.41) is 10.0. The first kappa shape index (κ1) is 13.0. The normalized spacial score (nSPS) is 17.4. The lowest BCUT2D eigenvalue weighted by atomic mass is 9.88. The average molecular weight is 251 g/mol. The lowest BCUT2D eigenvalue weighted by Crippen LogP contribution is -2.63. The predicted octanol–water partition coefficient (Wildman–Crippen LogP) is 2.12. The fourth-order valence-corrected chi connectivity index (χ4v) is 2.34. The molecule has 0 aliphatic carbocycles. The molecule has 0 atom stereocenters. The number of hydrogen-bond donors (Lipinski definition) is 1. The molecule has 0 unspecified atom stereocenters. The number of carbonyl (C=O) groups excluding carboxylic acids is 1. The Morgan fingerprint density at radius 3 is 2.72 bits per heavy atom. The van der Waals surface area contributed by atoms with Crippen LogP contribution < -0.4 is 0 Å².